The molecule has 0 fully saturated rings. The van der Waals surface area contributed by atoms with E-state index >= 15 is 0 Å². The molecular weight excluding hydrogens is 334 g/mol. The van der Waals surface area contributed by atoms with E-state index < -0.39 is 0 Å². The van der Waals surface area contributed by atoms with Gasteiger partial charge in [-0.2, -0.15) is 0 Å². The number of rotatable bonds is 3. The summed E-state index contributed by atoms with van der Waals surface area (Å²) in [5.74, 6) is 1.40. The minimum absolute atomic E-state index is 0.355. The van der Waals surface area contributed by atoms with Crippen LogP contribution >= 0.6 is 39.7 Å². The molecule has 5 heteroatoms. The summed E-state index contributed by atoms with van der Waals surface area (Å²) in [5.41, 5.74) is 6.35. The quantitative estimate of drug-likeness (QED) is 0.832. The summed E-state index contributed by atoms with van der Waals surface area (Å²) in [6, 6.07) is 12.6. The highest BCUT2D eigenvalue weighted by Crippen LogP contribution is 2.30. The van der Waals surface area contributed by atoms with Gasteiger partial charge in [0.25, 0.3) is 0 Å². The van der Waals surface area contributed by atoms with E-state index in [2.05, 4.69) is 15.9 Å². The Hall–Kier alpha value is -1.10. The molecule has 0 aliphatic carbocycles. The Balaban J connectivity index is 2.24. The summed E-state index contributed by atoms with van der Waals surface area (Å²) in [6.45, 7) is 0. The standard InChI is InChI=1S/C13H9BrClNOS/c14-11-7-8(13(16)18)1-6-12(11)17-10-4-2-9(15)3-5-10/h1-7H,(H2,16,18). The van der Waals surface area contributed by atoms with Crippen molar-refractivity contribution in [1.82, 2.24) is 0 Å². The average molecular weight is 343 g/mol. The van der Waals surface area contributed by atoms with Crippen LogP contribution in [-0.2, 0) is 0 Å². The van der Waals surface area contributed by atoms with Gasteiger partial charge in [0.05, 0.1) is 4.47 Å². The molecule has 2 nitrogen and oxygen atoms in total. The molecule has 0 aliphatic heterocycles. The van der Waals surface area contributed by atoms with Gasteiger partial charge in [0, 0.05) is 10.6 Å². The fourth-order valence-corrected chi connectivity index (χ4v) is 2.08. The van der Waals surface area contributed by atoms with Crippen LogP contribution < -0.4 is 10.5 Å². The highest BCUT2D eigenvalue weighted by atomic mass is 79.9. The molecule has 18 heavy (non-hydrogen) atoms. The van der Waals surface area contributed by atoms with Crippen molar-refractivity contribution < 1.29 is 4.74 Å². The molecule has 2 N–H and O–H groups in total. The maximum atomic E-state index is 5.81. The molecule has 0 unspecified atom stereocenters. The third-order valence-corrected chi connectivity index (χ3v) is 3.37. The molecule has 0 spiro atoms. The van der Waals surface area contributed by atoms with Gasteiger partial charge in [-0.05, 0) is 58.4 Å². The molecule has 2 aromatic rings. The van der Waals surface area contributed by atoms with Gasteiger partial charge in [0.1, 0.15) is 16.5 Å². The van der Waals surface area contributed by atoms with E-state index in [1.807, 2.05) is 18.2 Å². The summed E-state index contributed by atoms with van der Waals surface area (Å²) < 4.78 is 6.50. The lowest BCUT2D eigenvalue weighted by Gasteiger charge is -2.09. The van der Waals surface area contributed by atoms with Gasteiger partial charge in [0.2, 0.25) is 0 Å². The molecule has 2 rings (SSSR count). The zero-order valence-electron chi connectivity index (χ0n) is 9.19. The van der Waals surface area contributed by atoms with Crippen LogP contribution in [0.2, 0.25) is 5.02 Å². The monoisotopic (exact) mass is 341 g/mol. The lowest BCUT2D eigenvalue weighted by Crippen LogP contribution is -2.08. The first kappa shape index (κ1) is 13.3. The summed E-state index contributed by atoms with van der Waals surface area (Å²) in [6.07, 6.45) is 0. The molecule has 0 aromatic heterocycles. The number of ether oxygens (including phenoxy) is 1. The maximum absolute atomic E-state index is 5.81. The maximum Gasteiger partial charge on any atom is 0.141 e. The highest BCUT2D eigenvalue weighted by Gasteiger charge is 2.05. The number of benzene rings is 2. The zero-order valence-corrected chi connectivity index (χ0v) is 12.3. The van der Waals surface area contributed by atoms with E-state index in [0.29, 0.717) is 21.5 Å². The first-order valence-corrected chi connectivity index (χ1v) is 6.67. The van der Waals surface area contributed by atoms with Gasteiger partial charge in [-0.15, -0.1) is 0 Å². The van der Waals surface area contributed by atoms with Gasteiger partial charge in [0.15, 0.2) is 0 Å². The summed E-state index contributed by atoms with van der Waals surface area (Å²) in [7, 11) is 0. The molecule has 0 bridgehead atoms. The van der Waals surface area contributed by atoms with Crippen LogP contribution in [0.1, 0.15) is 5.56 Å². The van der Waals surface area contributed by atoms with Crippen molar-refractivity contribution in [2.24, 2.45) is 5.73 Å². The molecule has 92 valence electrons. The summed E-state index contributed by atoms with van der Waals surface area (Å²) in [4.78, 5) is 0.355. The van der Waals surface area contributed by atoms with Crippen molar-refractivity contribution >= 4 is 44.7 Å². The van der Waals surface area contributed by atoms with Crippen molar-refractivity contribution in [3.63, 3.8) is 0 Å². The molecule has 0 aliphatic rings. The van der Waals surface area contributed by atoms with Crippen molar-refractivity contribution in [2.45, 2.75) is 0 Å². The van der Waals surface area contributed by atoms with Crippen molar-refractivity contribution in [1.29, 1.82) is 0 Å². The Kier molecular flexibility index (Phi) is 4.22. The van der Waals surface area contributed by atoms with Crippen LogP contribution in [0.4, 0.5) is 0 Å². The Labute approximate surface area is 124 Å². The van der Waals surface area contributed by atoms with Gasteiger partial charge in [-0.25, -0.2) is 0 Å². The van der Waals surface area contributed by atoms with E-state index in [4.69, 9.17) is 34.3 Å². The largest absolute Gasteiger partial charge is 0.456 e. The van der Waals surface area contributed by atoms with Crippen LogP contribution in [0.3, 0.4) is 0 Å². The molecule has 0 saturated carbocycles. The Bertz CT molecular complexity index is 586. The van der Waals surface area contributed by atoms with Gasteiger partial charge < -0.3 is 10.5 Å². The minimum Gasteiger partial charge on any atom is -0.456 e. The Morgan fingerprint density at radius 1 is 1.17 bits per heavy atom. The molecule has 2 aromatic carbocycles. The van der Waals surface area contributed by atoms with E-state index in [1.54, 1.807) is 24.3 Å². The normalized spacial score (nSPS) is 10.1. The van der Waals surface area contributed by atoms with Gasteiger partial charge >= 0.3 is 0 Å². The summed E-state index contributed by atoms with van der Waals surface area (Å²) >= 11 is 14.1. The number of thiocarbonyl (C=S) groups is 1. The van der Waals surface area contributed by atoms with Crippen LogP contribution in [0.25, 0.3) is 0 Å². The molecule has 0 saturated heterocycles. The van der Waals surface area contributed by atoms with Crippen LogP contribution in [0, 0.1) is 0 Å². The molecule has 0 atom stereocenters. The van der Waals surface area contributed by atoms with Crippen LogP contribution in [0.15, 0.2) is 46.9 Å². The third-order valence-electron chi connectivity index (χ3n) is 2.26. The lowest BCUT2D eigenvalue weighted by atomic mass is 10.2. The number of hydrogen-bond acceptors (Lipinski definition) is 2. The topological polar surface area (TPSA) is 35.2 Å². The Morgan fingerprint density at radius 3 is 2.39 bits per heavy atom. The fourth-order valence-electron chi connectivity index (χ4n) is 1.37. The van der Waals surface area contributed by atoms with Crippen molar-refractivity contribution in [3.8, 4) is 11.5 Å². The molecule has 0 radical (unpaired) electrons. The first-order chi connectivity index (χ1) is 8.56. The minimum atomic E-state index is 0.355. The SMILES string of the molecule is NC(=S)c1ccc(Oc2ccc(Cl)cc2)c(Br)c1. The molecular formula is C13H9BrClNOS. The second-order valence-electron chi connectivity index (χ2n) is 3.57. The smallest absolute Gasteiger partial charge is 0.141 e. The summed E-state index contributed by atoms with van der Waals surface area (Å²) in [5, 5.41) is 0.672. The predicted molar refractivity (Wildman–Crippen MR) is 81.6 cm³/mol. The van der Waals surface area contributed by atoms with Gasteiger partial charge in [-0.3, -0.25) is 0 Å². The first-order valence-electron chi connectivity index (χ1n) is 5.09. The van der Waals surface area contributed by atoms with Crippen molar-refractivity contribution in [2.75, 3.05) is 0 Å². The molecule has 0 amide bonds. The van der Waals surface area contributed by atoms with Crippen LogP contribution in [0.5, 0.6) is 11.5 Å². The Morgan fingerprint density at radius 2 is 1.83 bits per heavy atom. The lowest BCUT2D eigenvalue weighted by molar-refractivity contribution is 0.479. The second-order valence-corrected chi connectivity index (χ2v) is 5.30. The zero-order chi connectivity index (χ0) is 13.1. The number of halogens is 2. The van der Waals surface area contributed by atoms with Gasteiger partial charge in [-0.1, -0.05) is 23.8 Å². The predicted octanol–water partition coefficient (Wildman–Crippen LogP) is 4.53. The van der Waals surface area contributed by atoms with Crippen molar-refractivity contribution in [3.05, 3.63) is 57.5 Å². The van der Waals surface area contributed by atoms with E-state index in [-0.39, 0.29) is 0 Å². The third kappa shape index (κ3) is 3.22. The van der Waals surface area contributed by atoms with E-state index in [9.17, 15) is 0 Å². The highest BCUT2D eigenvalue weighted by molar-refractivity contribution is 9.10. The average Bonchev–Trinajstić information content (AvgIpc) is 2.34. The van der Waals surface area contributed by atoms with E-state index in [0.717, 1.165) is 10.0 Å². The second kappa shape index (κ2) is 5.69. The molecule has 0 heterocycles. The number of hydrogen-bond donors (Lipinski definition) is 1. The fraction of sp³-hybridized carbons (Fsp3) is 0. The van der Waals surface area contributed by atoms with E-state index in [1.165, 1.54) is 0 Å². The number of nitrogens with two attached hydrogens (primary N) is 1. The van der Waals surface area contributed by atoms with Crippen LogP contribution in [-0.4, -0.2) is 4.99 Å².